The summed E-state index contributed by atoms with van der Waals surface area (Å²) >= 11 is 10.6. The van der Waals surface area contributed by atoms with Crippen LogP contribution in [0.2, 0.25) is 0 Å². The zero-order valence-electron chi connectivity index (χ0n) is 15.9. The average Bonchev–Trinajstić information content (AvgIpc) is 2.67. The third-order valence-electron chi connectivity index (χ3n) is 3.78. The monoisotopic (exact) mass is 589 g/mol. The van der Waals surface area contributed by atoms with Crippen molar-refractivity contribution in [2.45, 2.75) is 20.3 Å². The fraction of sp³-hybridized carbons (Fsp3) is 0.250. The molecule has 0 heterocycles. The van der Waals surface area contributed by atoms with Crippen LogP contribution in [0.1, 0.15) is 41.0 Å². The molecule has 2 aromatic carbocycles. The van der Waals surface area contributed by atoms with Crippen LogP contribution in [0.15, 0.2) is 46.9 Å². The zero-order chi connectivity index (χ0) is 21.4. The highest BCUT2D eigenvalue weighted by Gasteiger charge is 2.13. The van der Waals surface area contributed by atoms with Gasteiger partial charge in [-0.15, -0.1) is 0 Å². The molecule has 0 aliphatic heterocycles. The maximum Gasteiger partial charge on any atom is 0.270 e. The lowest BCUT2D eigenvalue weighted by Crippen LogP contribution is -2.48. The molecule has 0 saturated heterocycles. The summed E-state index contributed by atoms with van der Waals surface area (Å²) in [7, 11) is 0. The van der Waals surface area contributed by atoms with Gasteiger partial charge >= 0.3 is 0 Å². The summed E-state index contributed by atoms with van der Waals surface area (Å²) in [5, 5.41) is 2.51. The quantitative estimate of drug-likeness (QED) is 0.264. The van der Waals surface area contributed by atoms with E-state index in [1.807, 2.05) is 12.1 Å². The van der Waals surface area contributed by atoms with Crippen LogP contribution in [-0.4, -0.2) is 23.5 Å². The molecule has 0 bridgehead atoms. The van der Waals surface area contributed by atoms with Gasteiger partial charge in [-0.05, 0) is 93.4 Å². The topological polar surface area (TPSA) is 79.5 Å². The summed E-state index contributed by atoms with van der Waals surface area (Å²) in [6.45, 7) is 4.87. The van der Waals surface area contributed by atoms with Crippen LogP contribution in [0, 0.1) is 9.49 Å². The fourth-order valence-corrected chi connectivity index (χ4v) is 3.47. The van der Waals surface area contributed by atoms with Gasteiger partial charge < -0.3 is 4.74 Å². The minimum absolute atomic E-state index is 0.0114. The van der Waals surface area contributed by atoms with Crippen molar-refractivity contribution in [2.75, 3.05) is 6.61 Å². The van der Waals surface area contributed by atoms with E-state index in [0.29, 0.717) is 33.9 Å². The van der Waals surface area contributed by atoms with E-state index in [1.54, 1.807) is 30.3 Å². The molecular formula is C20H21BrIN3O3S. The Balaban J connectivity index is 1.87. The van der Waals surface area contributed by atoms with Gasteiger partial charge in [-0.3, -0.25) is 25.8 Å². The van der Waals surface area contributed by atoms with Crippen molar-refractivity contribution < 1.29 is 14.3 Å². The molecular weight excluding hydrogens is 569 g/mol. The van der Waals surface area contributed by atoms with E-state index in [-0.39, 0.29) is 11.0 Å². The Morgan fingerprint density at radius 2 is 1.86 bits per heavy atom. The van der Waals surface area contributed by atoms with Crippen LogP contribution >= 0.6 is 50.7 Å². The number of hydrogen-bond donors (Lipinski definition) is 3. The second kappa shape index (κ2) is 11.5. The number of carbonyl (C=O) groups is 2. The van der Waals surface area contributed by atoms with Crippen molar-refractivity contribution in [2.24, 2.45) is 5.92 Å². The highest BCUT2D eigenvalue weighted by atomic mass is 127. The van der Waals surface area contributed by atoms with E-state index < -0.39 is 5.91 Å². The Morgan fingerprint density at radius 3 is 2.52 bits per heavy atom. The van der Waals surface area contributed by atoms with Gasteiger partial charge in [0.1, 0.15) is 5.75 Å². The maximum absolute atomic E-state index is 12.4. The van der Waals surface area contributed by atoms with Gasteiger partial charge in [0.05, 0.1) is 16.6 Å². The molecule has 0 atom stereocenters. The molecule has 2 amide bonds. The largest absolute Gasteiger partial charge is 0.492 e. The summed E-state index contributed by atoms with van der Waals surface area (Å²) in [6.07, 6.45) is 0.947. The van der Waals surface area contributed by atoms with E-state index in [2.05, 4.69) is 68.5 Å². The van der Waals surface area contributed by atoms with Gasteiger partial charge in [-0.1, -0.05) is 26.0 Å². The molecule has 29 heavy (non-hydrogen) atoms. The number of hydrogen-bond acceptors (Lipinski definition) is 4. The smallest absolute Gasteiger partial charge is 0.270 e. The minimum atomic E-state index is -0.402. The molecule has 0 unspecified atom stereocenters. The second-order valence-electron chi connectivity index (χ2n) is 6.52. The van der Waals surface area contributed by atoms with Crippen molar-refractivity contribution in [3.63, 3.8) is 0 Å². The summed E-state index contributed by atoms with van der Waals surface area (Å²) in [6, 6.07) is 12.2. The molecule has 0 aliphatic rings. The predicted molar refractivity (Wildman–Crippen MR) is 129 cm³/mol. The molecule has 0 radical (unpaired) electrons. The molecule has 154 valence electrons. The summed E-state index contributed by atoms with van der Waals surface area (Å²) in [5.41, 5.74) is 5.91. The molecule has 0 saturated carbocycles. The third kappa shape index (κ3) is 7.56. The SMILES string of the molecule is CC(C)CCOc1ccc(C(=O)NC(=S)NNC(=O)c2ccccc2I)cc1Br. The van der Waals surface area contributed by atoms with Gasteiger partial charge in [-0.2, -0.15) is 0 Å². The number of halogens is 2. The van der Waals surface area contributed by atoms with E-state index in [4.69, 9.17) is 17.0 Å². The Morgan fingerprint density at radius 1 is 1.14 bits per heavy atom. The first-order chi connectivity index (χ1) is 13.8. The van der Waals surface area contributed by atoms with Crippen LogP contribution in [0.3, 0.4) is 0 Å². The molecule has 6 nitrogen and oxygen atoms in total. The number of hydrazine groups is 1. The van der Waals surface area contributed by atoms with Crippen molar-refractivity contribution in [3.8, 4) is 5.75 Å². The van der Waals surface area contributed by atoms with Gasteiger partial charge in [0.15, 0.2) is 5.11 Å². The third-order valence-corrected chi connectivity index (χ3v) is 5.55. The maximum atomic E-state index is 12.4. The number of thiocarbonyl (C=S) groups is 1. The molecule has 0 fully saturated rings. The van der Waals surface area contributed by atoms with Crippen LogP contribution in [0.25, 0.3) is 0 Å². The van der Waals surface area contributed by atoms with Gasteiger partial charge in [0.2, 0.25) is 0 Å². The van der Waals surface area contributed by atoms with Crippen LogP contribution in [0.5, 0.6) is 5.75 Å². The Bertz CT molecular complexity index is 908. The number of nitrogens with one attached hydrogen (secondary N) is 3. The Labute approximate surface area is 197 Å². The molecule has 0 aromatic heterocycles. The predicted octanol–water partition coefficient (Wildman–Crippen LogP) is 4.43. The fourth-order valence-electron chi connectivity index (χ4n) is 2.20. The zero-order valence-corrected chi connectivity index (χ0v) is 20.5. The highest BCUT2D eigenvalue weighted by Crippen LogP contribution is 2.26. The first-order valence-corrected chi connectivity index (χ1v) is 11.1. The molecule has 0 spiro atoms. The first-order valence-electron chi connectivity index (χ1n) is 8.86. The average molecular weight is 590 g/mol. The van der Waals surface area contributed by atoms with E-state index in [1.165, 1.54) is 0 Å². The lowest BCUT2D eigenvalue weighted by Gasteiger charge is -2.13. The molecule has 9 heteroatoms. The summed E-state index contributed by atoms with van der Waals surface area (Å²) < 4.78 is 7.20. The minimum Gasteiger partial charge on any atom is -0.492 e. The summed E-state index contributed by atoms with van der Waals surface area (Å²) in [4.78, 5) is 24.5. The summed E-state index contributed by atoms with van der Waals surface area (Å²) in [5.74, 6) is 0.475. The number of rotatable bonds is 6. The van der Waals surface area contributed by atoms with Crippen molar-refractivity contribution in [1.82, 2.24) is 16.2 Å². The molecule has 3 N–H and O–H groups in total. The molecule has 2 aromatic rings. The molecule has 2 rings (SSSR count). The van der Waals surface area contributed by atoms with Crippen molar-refractivity contribution in [3.05, 3.63) is 61.6 Å². The standard InChI is InChI=1S/C20H21BrIN3O3S/c1-12(2)9-10-28-17-8-7-13(11-15(17)21)18(26)23-20(29)25-24-19(27)14-5-3-4-6-16(14)22/h3-8,11-12H,9-10H2,1-2H3,(H,24,27)(H2,23,25,26,29). The van der Waals surface area contributed by atoms with Crippen molar-refractivity contribution in [1.29, 1.82) is 0 Å². The van der Waals surface area contributed by atoms with Crippen LogP contribution in [-0.2, 0) is 0 Å². The number of ether oxygens (including phenoxy) is 1. The number of benzene rings is 2. The first kappa shape index (κ1) is 23.6. The lowest BCUT2D eigenvalue weighted by atomic mass is 10.1. The van der Waals surface area contributed by atoms with E-state index in [9.17, 15) is 9.59 Å². The lowest BCUT2D eigenvalue weighted by molar-refractivity contribution is 0.0934. The van der Waals surface area contributed by atoms with E-state index >= 15 is 0 Å². The number of carbonyl (C=O) groups excluding carboxylic acids is 2. The van der Waals surface area contributed by atoms with Gasteiger partial charge in [0.25, 0.3) is 11.8 Å². The van der Waals surface area contributed by atoms with Gasteiger partial charge in [-0.25, -0.2) is 0 Å². The van der Waals surface area contributed by atoms with Crippen molar-refractivity contribution >= 4 is 67.7 Å². The van der Waals surface area contributed by atoms with E-state index in [0.717, 1.165) is 9.99 Å². The Kier molecular flexibility index (Phi) is 9.31. The normalized spacial score (nSPS) is 10.4. The number of amides is 2. The highest BCUT2D eigenvalue weighted by molar-refractivity contribution is 14.1. The Hall–Kier alpha value is -1.72. The molecule has 0 aliphatic carbocycles. The second-order valence-corrected chi connectivity index (χ2v) is 8.94. The van der Waals surface area contributed by atoms with Crippen LogP contribution in [0.4, 0.5) is 0 Å². The van der Waals surface area contributed by atoms with Gasteiger partial charge in [0, 0.05) is 9.13 Å². The van der Waals surface area contributed by atoms with Crippen LogP contribution < -0.4 is 20.9 Å².